The predicted octanol–water partition coefficient (Wildman–Crippen LogP) is 3.77. The Morgan fingerprint density at radius 2 is 2.20 bits per heavy atom. The van der Waals surface area contributed by atoms with Gasteiger partial charge in [-0.3, -0.25) is 0 Å². The van der Waals surface area contributed by atoms with E-state index in [-0.39, 0.29) is 5.03 Å². The quantitative estimate of drug-likeness (QED) is 0.582. The van der Waals surface area contributed by atoms with Crippen molar-refractivity contribution in [2.45, 2.75) is 18.1 Å². The highest BCUT2D eigenvalue weighted by Gasteiger charge is 2.33. The molecule has 1 rings (SSSR count). The van der Waals surface area contributed by atoms with Crippen LogP contribution in [0.15, 0.2) is 35.5 Å². The molecule has 0 aliphatic carbocycles. The fourth-order valence-corrected chi connectivity index (χ4v) is 1.77. The van der Waals surface area contributed by atoms with Gasteiger partial charge in [0.2, 0.25) is 0 Å². The number of pyridine rings is 1. The van der Waals surface area contributed by atoms with E-state index in [1.54, 1.807) is 6.92 Å². The van der Waals surface area contributed by atoms with E-state index in [2.05, 4.69) is 11.6 Å². The number of halogens is 3. The summed E-state index contributed by atoms with van der Waals surface area (Å²) < 4.78 is 37.5. The first kappa shape index (κ1) is 12.1. The van der Waals surface area contributed by atoms with Gasteiger partial charge in [0.15, 0.2) is 0 Å². The molecule has 82 valence electrons. The summed E-state index contributed by atoms with van der Waals surface area (Å²) in [7, 11) is 0. The van der Waals surface area contributed by atoms with Gasteiger partial charge >= 0.3 is 6.18 Å². The zero-order valence-electron chi connectivity index (χ0n) is 8.14. The Balaban J connectivity index is 2.92. The van der Waals surface area contributed by atoms with Crippen LogP contribution in [0.3, 0.4) is 0 Å². The number of hydrogen-bond donors (Lipinski definition) is 0. The molecule has 0 amide bonds. The van der Waals surface area contributed by atoms with Crippen LogP contribution >= 0.6 is 11.8 Å². The van der Waals surface area contributed by atoms with Crippen LogP contribution in [0, 0.1) is 0 Å². The molecule has 0 atom stereocenters. The van der Waals surface area contributed by atoms with Crippen molar-refractivity contribution in [1.29, 1.82) is 0 Å². The summed E-state index contributed by atoms with van der Waals surface area (Å²) in [6.07, 6.45) is -2.98. The van der Waals surface area contributed by atoms with E-state index in [1.807, 2.05) is 0 Å². The van der Waals surface area contributed by atoms with Crippen molar-refractivity contribution in [3.05, 3.63) is 36.0 Å². The van der Waals surface area contributed by atoms with E-state index >= 15 is 0 Å². The van der Waals surface area contributed by atoms with Crippen LogP contribution in [0.5, 0.6) is 0 Å². The number of rotatable bonds is 3. The molecular formula is C10H10F3NS. The van der Waals surface area contributed by atoms with Crippen molar-refractivity contribution in [1.82, 2.24) is 4.98 Å². The fourth-order valence-electron chi connectivity index (χ4n) is 0.913. The zero-order valence-corrected chi connectivity index (χ0v) is 8.95. The zero-order chi connectivity index (χ0) is 11.5. The molecule has 1 aromatic rings. The molecule has 0 aromatic carbocycles. The van der Waals surface area contributed by atoms with E-state index in [9.17, 15) is 13.2 Å². The van der Waals surface area contributed by atoms with Gasteiger partial charge in [0.1, 0.15) is 5.03 Å². The van der Waals surface area contributed by atoms with Gasteiger partial charge in [0.25, 0.3) is 0 Å². The Bertz CT molecular complexity index is 360. The normalized spacial score (nSPS) is 11.5. The Kier molecular flexibility index (Phi) is 3.79. The van der Waals surface area contributed by atoms with Crippen LogP contribution in [-0.2, 0) is 6.18 Å². The Hall–Kier alpha value is -0.970. The number of alkyl halides is 3. The third kappa shape index (κ3) is 3.58. The summed E-state index contributed by atoms with van der Waals surface area (Å²) in [5.74, 6) is 0.445. The van der Waals surface area contributed by atoms with E-state index in [0.29, 0.717) is 5.75 Å². The van der Waals surface area contributed by atoms with Gasteiger partial charge in [0.05, 0.1) is 5.56 Å². The molecule has 0 saturated heterocycles. The number of nitrogens with zero attached hydrogens (tertiary/aromatic N) is 1. The maximum atomic E-state index is 12.5. The molecule has 1 heterocycles. The Labute approximate surface area is 90.4 Å². The molecule has 15 heavy (non-hydrogen) atoms. The number of thioether (sulfide) groups is 1. The summed E-state index contributed by atoms with van der Waals surface area (Å²) >= 11 is 1.05. The van der Waals surface area contributed by atoms with Crippen LogP contribution in [-0.4, -0.2) is 10.7 Å². The van der Waals surface area contributed by atoms with Crippen molar-refractivity contribution in [3.8, 4) is 0 Å². The second kappa shape index (κ2) is 4.70. The van der Waals surface area contributed by atoms with E-state index in [0.717, 1.165) is 23.4 Å². The van der Waals surface area contributed by atoms with E-state index in [4.69, 9.17) is 0 Å². The Morgan fingerprint density at radius 1 is 1.53 bits per heavy atom. The van der Waals surface area contributed by atoms with Crippen molar-refractivity contribution >= 4 is 11.8 Å². The standard InChI is InChI=1S/C10H10F3NS/c1-7(2)6-15-9-8(10(11,12)13)4-3-5-14-9/h3-5H,1,6H2,2H3. The molecule has 0 aliphatic heterocycles. The SMILES string of the molecule is C=C(C)CSc1ncccc1C(F)(F)F. The molecule has 0 fully saturated rings. The predicted molar refractivity (Wildman–Crippen MR) is 54.8 cm³/mol. The topological polar surface area (TPSA) is 12.9 Å². The summed E-state index contributed by atoms with van der Waals surface area (Å²) in [5.41, 5.74) is 0.134. The van der Waals surface area contributed by atoms with Crippen LogP contribution in [0.1, 0.15) is 12.5 Å². The minimum atomic E-state index is -4.34. The second-order valence-electron chi connectivity index (χ2n) is 3.10. The minimum absolute atomic E-state index is 0.00741. The van der Waals surface area contributed by atoms with Gasteiger partial charge in [-0.25, -0.2) is 4.98 Å². The maximum absolute atomic E-state index is 12.5. The average Bonchev–Trinajstić information content (AvgIpc) is 2.13. The molecule has 0 radical (unpaired) electrons. The van der Waals surface area contributed by atoms with E-state index < -0.39 is 11.7 Å². The van der Waals surface area contributed by atoms with Gasteiger partial charge in [-0.05, 0) is 19.1 Å². The highest BCUT2D eigenvalue weighted by atomic mass is 32.2. The molecule has 0 bridgehead atoms. The lowest BCUT2D eigenvalue weighted by Gasteiger charge is -2.10. The maximum Gasteiger partial charge on any atom is 0.419 e. The van der Waals surface area contributed by atoms with E-state index in [1.165, 1.54) is 12.3 Å². The van der Waals surface area contributed by atoms with Gasteiger partial charge in [0, 0.05) is 11.9 Å². The molecule has 0 spiro atoms. The van der Waals surface area contributed by atoms with Crippen molar-refractivity contribution in [3.63, 3.8) is 0 Å². The smallest absolute Gasteiger partial charge is 0.249 e. The lowest BCUT2D eigenvalue weighted by Crippen LogP contribution is -2.07. The molecule has 1 aromatic heterocycles. The van der Waals surface area contributed by atoms with Crippen LogP contribution < -0.4 is 0 Å². The van der Waals surface area contributed by atoms with Crippen molar-refractivity contribution < 1.29 is 13.2 Å². The minimum Gasteiger partial charge on any atom is -0.249 e. The molecule has 0 aliphatic rings. The first-order valence-electron chi connectivity index (χ1n) is 4.20. The summed E-state index contributed by atoms with van der Waals surface area (Å²) in [6.45, 7) is 5.40. The lowest BCUT2D eigenvalue weighted by molar-refractivity contribution is -0.140. The first-order valence-corrected chi connectivity index (χ1v) is 5.19. The fraction of sp³-hybridized carbons (Fsp3) is 0.300. The van der Waals surface area contributed by atoms with Crippen LogP contribution in [0.4, 0.5) is 13.2 Å². The third-order valence-electron chi connectivity index (χ3n) is 1.53. The number of aromatic nitrogens is 1. The van der Waals surface area contributed by atoms with Gasteiger partial charge in [-0.2, -0.15) is 13.2 Å². The average molecular weight is 233 g/mol. The molecule has 0 unspecified atom stereocenters. The number of hydrogen-bond acceptors (Lipinski definition) is 2. The summed E-state index contributed by atoms with van der Waals surface area (Å²) in [4.78, 5) is 3.72. The summed E-state index contributed by atoms with van der Waals surface area (Å²) in [6, 6.07) is 2.32. The highest BCUT2D eigenvalue weighted by molar-refractivity contribution is 7.99. The molecule has 1 nitrogen and oxygen atoms in total. The highest BCUT2D eigenvalue weighted by Crippen LogP contribution is 2.35. The van der Waals surface area contributed by atoms with Gasteiger partial charge in [-0.1, -0.05) is 12.2 Å². The molecule has 0 saturated carbocycles. The molecular weight excluding hydrogens is 223 g/mol. The van der Waals surface area contributed by atoms with Crippen LogP contribution in [0.25, 0.3) is 0 Å². The lowest BCUT2D eigenvalue weighted by atomic mass is 10.3. The van der Waals surface area contributed by atoms with Crippen LogP contribution in [0.2, 0.25) is 0 Å². The molecule has 0 N–H and O–H groups in total. The second-order valence-corrected chi connectivity index (χ2v) is 4.06. The first-order chi connectivity index (χ1) is 6.91. The monoisotopic (exact) mass is 233 g/mol. The third-order valence-corrected chi connectivity index (χ3v) is 2.77. The Morgan fingerprint density at radius 3 is 2.73 bits per heavy atom. The summed E-state index contributed by atoms with van der Waals surface area (Å²) in [5, 5.41) is 0.00741. The van der Waals surface area contributed by atoms with Crippen molar-refractivity contribution in [2.24, 2.45) is 0 Å². The van der Waals surface area contributed by atoms with Gasteiger partial charge in [-0.15, -0.1) is 11.8 Å². The largest absolute Gasteiger partial charge is 0.419 e. The van der Waals surface area contributed by atoms with Crippen molar-refractivity contribution in [2.75, 3.05) is 5.75 Å². The van der Waals surface area contributed by atoms with Gasteiger partial charge < -0.3 is 0 Å². The molecule has 5 heteroatoms.